The highest BCUT2D eigenvalue weighted by Gasteiger charge is 2.68. The van der Waals surface area contributed by atoms with E-state index in [0.29, 0.717) is 29.6 Å². The number of alkyl halides is 1. The van der Waals surface area contributed by atoms with Crippen LogP contribution in [0.25, 0.3) is 0 Å². The van der Waals surface area contributed by atoms with E-state index in [0.717, 1.165) is 18.5 Å². The summed E-state index contributed by atoms with van der Waals surface area (Å²) in [5.41, 5.74) is 0.767. The third-order valence-corrected chi connectivity index (χ3v) is 8.72. The highest BCUT2D eigenvalue weighted by Crippen LogP contribution is 2.65. The predicted octanol–water partition coefficient (Wildman–Crippen LogP) is 5.59. The van der Waals surface area contributed by atoms with Crippen molar-refractivity contribution < 1.29 is 23.6 Å². The van der Waals surface area contributed by atoms with E-state index in [1.54, 1.807) is 13.2 Å². The summed E-state index contributed by atoms with van der Waals surface area (Å²) >= 11 is 3.76. The smallest absolute Gasteiger partial charge is 0.476 e. The maximum absolute atomic E-state index is 12.9. The SMILES string of the molecule is COc1c(C[C@H](NCC(C)(C)Br)B2O[C@@H]3C[C@@H]4C[C@@H](C4(C)C)[C@]3(C)O2)cccc1C(=O)OC(C)(C)C. The normalized spacial score (nSPS) is 29.8. The van der Waals surface area contributed by atoms with Gasteiger partial charge in [-0.25, -0.2) is 4.79 Å². The number of esters is 1. The van der Waals surface area contributed by atoms with Gasteiger partial charge in [-0.1, -0.05) is 41.9 Å². The topological polar surface area (TPSA) is 66.0 Å². The first kappa shape index (κ1) is 27.9. The summed E-state index contributed by atoms with van der Waals surface area (Å²) in [6, 6.07) is 5.65. The second kappa shape index (κ2) is 9.58. The van der Waals surface area contributed by atoms with Gasteiger partial charge in [-0.2, -0.15) is 0 Å². The molecule has 3 saturated carbocycles. The summed E-state index contributed by atoms with van der Waals surface area (Å²) < 4.78 is 24.8. The Morgan fingerprint density at radius 3 is 2.50 bits per heavy atom. The largest absolute Gasteiger partial charge is 0.496 e. The summed E-state index contributed by atoms with van der Waals surface area (Å²) in [7, 11) is 1.21. The van der Waals surface area contributed by atoms with E-state index in [1.165, 1.54) is 6.42 Å². The molecule has 5 rings (SSSR count). The van der Waals surface area contributed by atoms with E-state index in [1.807, 2.05) is 32.9 Å². The molecule has 1 N–H and O–H groups in total. The molecule has 4 fully saturated rings. The Kier molecular flexibility index (Phi) is 7.44. The van der Waals surface area contributed by atoms with Crippen LogP contribution in [-0.4, -0.2) is 54.3 Å². The van der Waals surface area contributed by atoms with Crippen LogP contribution in [0.3, 0.4) is 0 Å². The lowest BCUT2D eigenvalue weighted by molar-refractivity contribution is -0.199. The van der Waals surface area contributed by atoms with Gasteiger partial charge in [-0.05, 0) is 89.7 Å². The van der Waals surface area contributed by atoms with Crippen LogP contribution in [0.4, 0.5) is 0 Å². The molecular weight excluding hydrogens is 521 g/mol. The van der Waals surface area contributed by atoms with Gasteiger partial charge in [-0.3, -0.25) is 0 Å². The molecule has 8 heteroatoms. The van der Waals surface area contributed by atoms with Gasteiger partial charge in [0.15, 0.2) is 0 Å². The molecule has 0 aromatic heterocycles. The van der Waals surface area contributed by atoms with Crippen molar-refractivity contribution in [2.45, 2.75) is 102 Å². The van der Waals surface area contributed by atoms with Crippen LogP contribution in [0.15, 0.2) is 18.2 Å². The number of rotatable bonds is 8. The number of ether oxygens (including phenoxy) is 2. The molecule has 1 aromatic carbocycles. The summed E-state index contributed by atoms with van der Waals surface area (Å²) in [4.78, 5) is 12.9. The summed E-state index contributed by atoms with van der Waals surface area (Å²) in [5.74, 6) is 1.23. The lowest BCUT2D eigenvalue weighted by atomic mass is 9.43. The molecule has 200 valence electrons. The average molecular weight is 564 g/mol. The van der Waals surface area contributed by atoms with Gasteiger partial charge in [-0.15, -0.1) is 0 Å². The standard InChI is InChI=1S/C28H43BBrNO5/c1-25(2,3)34-24(32)19-12-10-11-17(23(19)33-9)13-22(31-16-26(4,5)30)29-35-21-15-18-14-20(27(18,6)7)28(21,8)36-29/h10-12,18,20-22,31H,13-16H2,1-9H3/t18-,20-,21+,22-,28-/m0/s1. The van der Waals surface area contributed by atoms with E-state index in [-0.39, 0.29) is 40.5 Å². The Balaban J connectivity index is 1.60. The molecule has 0 amide bonds. The van der Waals surface area contributed by atoms with Gasteiger partial charge in [0.25, 0.3) is 0 Å². The number of methoxy groups -OCH3 is 1. The number of halogens is 1. The zero-order chi connectivity index (χ0) is 26.7. The first-order chi connectivity index (χ1) is 16.5. The van der Waals surface area contributed by atoms with Gasteiger partial charge >= 0.3 is 13.1 Å². The van der Waals surface area contributed by atoms with E-state index in [4.69, 9.17) is 18.8 Å². The zero-order valence-corrected chi connectivity index (χ0v) is 25.0. The molecule has 1 aliphatic heterocycles. The minimum absolute atomic E-state index is 0.0907. The van der Waals surface area contributed by atoms with Crippen LogP contribution in [-0.2, 0) is 20.5 Å². The lowest BCUT2D eigenvalue weighted by Gasteiger charge is -2.64. The first-order valence-electron chi connectivity index (χ1n) is 13.2. The van der Waals surface area contributed by atoms with E-state index < -0.39 is 5.60 Å². The van der Waals surface area contributed by atoms with E-state index in [2.05, 4.69) is 55.9 Å². The molecule has 1 heterocycles. The van der Waals surface area contributed by atoms with Gasteiger partial charge in [0.1, 0.15) is 16.9 Å². The number of para-hydroxylation sites is 1. The van der Waals surface area contributed by atoms with Crippen molar-refractivity contribution in [3.63, 3.8) is 0 Å². The number of carbonyl (C=O) groups excluding carboxylic acids is 1. The third kappa shape index (κ3) is 5.38. The molecule has 4 aliphatic rings. The molecule has 0 unspecified atom stereocenters. The Morgan fingerprint density at radius 1 is 1.22 bits per heavy atom. The quantitative estimate of drug-likeness (QED) is 0.252. The van der Waals surface area contributed by atoms with Gasteiger partial charge < -0.3 is 24.1 Å². The van der Waals surface area contributed by atoms with Gasteiger partial charge in [0.2, 0.25) is 0 Å². The average Bonchev–Trinajstić information content (AvgIpc) is 3.11. The van der Waals surface area contributed by atoms with Crippen molar-refractivity contribution in [3.8, 4) is 5.75 Å². The van der Waals surface area contributed by atoms with Crippen molar-refractivity contribution in [2.24, 2.45) is 17.3 Å². The molecule has 1 aromatic rings. The van der Waals surface area contributed by atoms with Gasteiger partial charge in [0, 0.05) is 16.8 Å². The third-order valence-electron chi connectivity index (χ3n) is 8.44. The minimum Gasteiger partial charge on any atom is -0.496 e. The van der Waals surface area contributed by atoms with Crippen molar-refractivity contribution in [1.82, 2.24) is 5.32 Å². The zero-order valence-electron chi connectivity index (χ0n) is 23.4. The maximum Gasteiger partial charge on any atom is 0.476 e. The van der Waals surface area contributed by atoms with Crippen molar-refractivity contribution in [2.75, 3.05) is 13.7 Å². The fraction of sp³-hybridized carbons (Fsp3) is 0.750. The first-order valence-corrected chi connectivity index (χ1v) is 14.0. The summed E-state index contributed by atoms with van der Waals surface area (Å²) in [6.45, 7) is 17.6. The molecular formula is C28H43BBrNO5. The van der Waals surface area contributed by atoms with Crippen molar-refractivity contribution in [1.29, 1.82) is 0 Å². The number of carbonyl (C=O) groups is 1. The number of hydrogen-bond donors (Lipinski definition) is 1. The van der Waals surface area contributed by atoms with Crippen LogP contribution in [0.5, 0.6) is 5.75 Å². The van der Waals surface area contributed by atoms with Crippen LogP contribution < -0.4 is 10.1 Å². The highest BCUT2D eigenvalue weighted by molar-refractivity contribution is 9.10. The van der Waals surface area contributed by atoms with E-state index in [9.17, 15) is 4.79 Å². The molecule has 1 saturated heterocycles. The Morgan fingerprint density at radius 2 is 1.92 bits per heavy atom. The molecule has 5 atom stereocenters. The molecule has 0 radical (unpaired) electrons. The van der Waals surface area contributed by atoms with Crippen molar-refractivity contribution in [3.05, 3.63) is 29.3 Å². The fourth-order valence-electron chi connectivity index (χ4n) is 6.43. The second-order valence-corrected chi connectivity index (χ2v) is 15.4. The maximum atomic E-state index is 12.9. The lowest BCUT2D eigenvalue weighted by Crippen LogP contribution is -2.65. The Bertz CT molecular complexity index is 987. The summed E-state index contributed by atoms with van der Waals surface area (Å²) in [5, 5.41) is 3.70. The second-order valence-electron chi connectivity index (χ2n) is 13.2. The van der Waals surface area contributed by atoms with Crippen LogP contribution in [0, 0.1) is 17.3 Å². The molecule has 3 aliphatic carbocycles. The number of benzene rings is 1. The number of nitrogens with one attached hydrogen (secondary N) is 1. The van der Waals surface area contributed by atoms with Crippen LogP contribution in [0.2, 0.25) is 0 Å². The van der Waals surface area contributed by atoms with Gasteiger partial charge in [0.05, 0.1) is 18.8 Å². The Hall–Kier alpha value is -1.09. The monoisotopic (exact) mass is 563 g/mol. The Labute approximate surface area is 225 Å². The van der Waals surface area contributed by atoms with Crippen molar-refractivity contribution >= 4 is 29.0 Å². The number of hydrogen-bond acceptors (Lipinski definition) is 6. The molecule has 36 heavy (non-hydrogen) atoms. The minimum atomic E-state index is -0.588. The highest BCUT2D eigenvalue weighted by atomic mass is 79.9. The molecule has 6 nitrogen and oxygen atoms in total. The molecule has 0 spiro atoms. The van der Waals surface area contributed by atoms with Crippen LogP contribution >= 0.6 is 15.9 Å². The summed E-state index contributed by atoms with van der Waals surface area (Å²) in [6.07, 6.45) is 2.96. The fourth-order valence-corrected chi connectivity index (χ4v) is 6.59. The predicted molar refractivity (Wildman–Crippen MR) is 147 cm³/mol. The van der Waals surface area contributed by atoms with Crippen LogP contribution in [0.1, 0.15) is 84.2 Å². The van der Waals surface area contributed by atoms with E-state index >= 15 is 0 Å². The molecule has 2 bridgehead atoms.